The molecule has 0 unspecified atom stereocenters. The standard InChI is InChI=1S/C16H23N5O2S/c1-10-5-3-4-6-12(10)23-8-7-17-15(22)13-11(2)20-16(24-13)14-18-9-19-21-14/h9-10,12H,3-8H2,1-2H3,(H,17,22)(H,18,19,21)/t10-,12+/m0/s1. The second-order valence-corrected chi connectivity index (χ2v) is 7.19. The Kier molecular flexibility index (Phi) is 5.57. The maximum atomic E-state index is 12.3. The molecule has 8 heteroatoms. The summed E-state index contributed by atoms with van der Waals surface area (Å²) in [6.45, 7) is 5.13. The Balaban J connectivity index is 1.48. The van der Waals surface area contributed by atoms with E-state index in [0.717, 1.165) is 6.42 Å². The number of carbonyl (C=O) groups is 1. The van der Waals surface area contributed by atoms with Crippen LogP contribution in [0.3, 0.4) is 0 Å². The van der Waals surface area contributed by atoms with Crippen LogP contribution < -0.4 is 5.32 Å². The van der Waals surface area contributed by atoms with Crippen molar-refractivity contribution in [1.29, 1.82) is 0 Å². The lowest BCUT2D eigenvalue weighted by molar-refractivity contribution is -0.00293. The Bertz CT molecular complexity index is 670. The third-order valence-electron chi connectivity index (χ3n) is 4.37. The van der Waals surface area contributed by atoms with Crippen LogP contribution in [-0.2, 0) is 4.74 Å². The summed E-state index contributed by atoms with van der Waals surface area (Å²) in [7, 11) is 0. The molecule has 1 saturated carbocycles. The number of nitrogens with zero attached hydrogens (tertiary/aromatic N) is 3. The summed E-state index contributed by atoms with van der Waals surface area (Å²) in [5.41, 5.74) is 0.700. The van der Waals surface area contributed by atoms with Crippen LogP contribution in [0, 0.1) is 12.8 Å². The van der Waals surface area contributed by atoms with Crippen LogP contribution in [0.4, 0.5) is 0 Å². The van der Waals surface area contributed by atoms with Crippen LogP contribution in [0.15, 0.2) is 6.33 Å². The van der Waals surface area contributed by atoms with Crippen LogP contribution in [0.1, 0.15) is 48.0 Å². The van der Waals surface area contributed by atoms with E-state index in [-0.39, 0.29) is 5.91 Å². The number of amides is 1. The highest BCUT2D eigenvalue weighted by molar-refractivity contribution is 7.17. The number of H-pyrrole nitrogens is 1. The van der Waals surface area contributed by atoms with E-state index in [1.165, 1.54) is 36.9 Å². The average Bonchev–Trinajstić information content (AvgIpc) is 3.22. The molecule has 2 atom stereocenters. The van der Waals surface area contributed by atoms with Gasteiger partial charge >= 0.3 is 0 Å². The second-order valence-electron chi connectivity index (χ2n) is 6.19. The number of hydrogen-bond donors (Lipinski definition) is 2. The van der Waals surface area contributed by atoms with Crippen molar-refractivity contribution in [1.82, 2.24) is 25.5 Å². The van der Waals surface area contributed by atoms with E-state index in [9.17, 15) is 4.79 Å². The van der Waals surface area contributed by atoms with Crippen LogP contribution in [0.5, 0.6) is 0 Å². The minimum absolute atomic E-state index is 0.115. The smallest absolute Gasteiger partial charge is 0.263 e. The van der Waals surface area contributed by atoms with Gasteiger partial charge in [-0.05, 0) is 25.7 Å². The molecule has 1 aliphatic carbocycles. The van der Waals surface area contributed by atoms with E-state index in [2.05, 4.69) is 32.4 Å². The largest absolute Gasteiger partial charge is 0.376 e. The molecule has 3 rings (SSSR count). The number of ether oxygens (including phenoxy) is 1. The maximum absolute atomic E-state index is 12.3. The molecular weight excluding hydrogens is 326 g/mol. The summed E-state index contributed by atoms with van der Waals surface area (Å²) in [5.74, 6) is 1.08. The number of rotatable bonds is 6. The molecule has 130 valence electrons. The fourth-order valence-electron chi connectivity index (χ4n) is 3.00. The lowest BCUT2D eigenvalue weighted by atomic mass is 9.88. The SMILES string of the molecule is Cc1nc(-c2ncn[nH]2)sc1C(=O)NCCO[C@@H]1CCCC[C@@H]1C. The van der Waals surface area contributed by atoms with Crippen molar-refractivity contribution >= 4 is 17.2 Å². The number of nitrogens with one attached hydrogen (secondary N) is 2. The first-order valence-corrected chi connectivity index (χ1v) is 9.19. The molecule has 0 spiro atoms. The minimum atomic E-state index is -0.115. The van der Waals surface area contributed by atoms with Crippen molar-refractivity contribution in [3.05, 3.63) is 16.9 Å². The molecule has 2 heterocycles. The van der Waals surface area contributed by atoms with E-state index >= 15 is 0 Å². The first kappa shape index (κ1) is 17.0. The quantitative estimate of drug-likeness (QED) is 0.782. The molecule has 2 N–H and O–H groups in total. The zero-order chi connectivity index (χ0) is 16.9. The van der Waals surface area contributed by atoms with Crippen molar-refractivity contribution in [3.63, 3.8) is 0 Å². The highest BCUT2D eigenvalue weighted by atomic mass is 32.1. The van der Waals surface area contributed by atoms with Crippen LogP contribution in [-0.4, -0.2) is 45.3 Å². The molecule has 2 aromatic heterocycles. The monoisotopic (exact) mass is 349 g/mol. The zero-order valence-corrected chi connectivity index (χ0v) is 14.9. The summed E-state index contributed by atoms with van der Waals surface area (Å²) in [5, 5.41) is 10.1. The Morgan fingerprint density at radius 3 is 3.04 bits per heavy atom. The molecule has 7 nitrogen and oxygen atoms in total. The lowest BCUT2D eigenvalue weighted by Gasteiger charge is -2.28. The average molecular weight is 349 g/mol. The normalized spacial score (nSPS) is 20.9. The minimum Gasteiger partial charge on any atom is -0.376 e. The number of aromatic amines is 1. The topological polar surface area (TPSA) is 92.8 Å². The molecule has 24 heavy (non-hydrogen) atoms. The van der Waals surface area contributed by atoms with Gasteiger partial charge in [-0.2, -0.15) is 5.10 Å². The summed E-state index contributed by atoms with van der Waals surface area (Å²) in [4.78, 5) is 21.4. The van der Waals surface area contributed by atoms with Crippen LogP contribution >= 0.6 is 11.3 Å². The van der Waals surface area contributed by atoms with Gasteiger partial charge in [0.2, 0.25) is 0 Å². The van der Waals surface area contributed by atoms with Gasteiger partial charge in [0.15, 0.2) is 10.8 Å². The van der Waals surface area contributed by atoms with Gasteiger partial charge < -0.3 is 10.1 Å². The van der Waals surface area contributed by atoms with Gasteiger partial charge in [0.25, 0.3) is 5.91 Å². The molecule has 1 aliphatic rings. The van der Waals surface area contributed by atoms with Crippen molar-refractivity contribution in [2.75, 3.05) is 13.2 Å². The number of aryl methyl sites for hydroxylation is 1. The number of aromatic nitrogens is 4. The molecule has 0 aliphatic heterocycles. The summed E-state index contributed by atoms with van der Waals surface area (Å²) >= 11 is 1.31. The molecule has 0 saturated heterocycles. The summed E-state index contributed by atoms with van der Waals surface area (Å²) in [6, 6.07) is 0. The van der Waals surface area contributed by atoms with E-state index in [1.807, 2.05) is 6.92 Å². The lowest BCUT2D eigenvalue weighted by Crippen LogP contribution is -2.31. The van der Waals surface area contributed by atoms with Gasteiger partial charge in [-0.1, -0.05) is 19.8 Å². The van der Waals surface area contributed by atoms with Crippen molar-refractivity contribution < 1.29 is 9.53 Å². The Hall–Kier alpha value is -1.80. The van der Waals surface area contributed by atoms with E-state index in [0.29, 0.717) is 46.6 Å². The first-order chi connectivity index (χ1) is 11.6. The predicted molar refractivity (Wildman–Crippen MR) is 91.9 cm³/mol. The van der Waals surface area contributed by atoms with Gasteiger partial charge in [-0.3, -0.25) is 9.89 Å². The number of hydrogen-bond acceptors (Lipinski definition) is 6. The molecule has 2 aromatic rings. The van der Waals surface area contributed by atoms with Gasteiger partial charge in [0, 0.05) is 6.54 Å². The third-order valence-corrected chi connectivity index (χ3v) is 5.54. The highest BCUT2D eigenvalue weighted by Gasteiger charge is 2.22. The molecule has 0 bridgehead atoms. The zero-order valence-electron chi connectivity index (χ0n) is 14.0. The molecule has 1 fully saturated rings. The third kappa shape index (κ3) is 3.99. The van der Waals surface area contributed by atoms with E-state index < -0.39 is 0 Å². The highest BCUT2D eigenvalue weighted by Crippen LogP contribution is 2.26. The number of carbonyl (C=O) groups excluding carboxylic acids is 1. The fraction of sp³-hybridized carbons (Fsp3) is 0.625. The van der Waals surface area contributed by atoms with E-state index in [1.54, 1.807) is 0 Å². The molecule has 0 radical (unpaired) electrons. The molecular formula is C16H23N5O2S. The van der Waals surface area contributed by atoms with Gasteiger partial charge in [0.1, 0.15) is 11.2 Å². The Morgan fingerprint density at radius 2 is 2.29 bits per heavy atom. The van der Waals surface area contributed by atoms with Gasteiger partial charge in [0.05, 0.1) is 18.4 Å². The van der Waals surface area contributed by atoms with Crippen molar-refractivity contribution in [3.8, 4) is 10.8 Å². The van der Waals surface area contributed by atoms with Crippen molar-refractivity contribution in [2.24, 2.45) is 5.92 Å². The molecule has 0 aromatic carbocycles. The summed E-state index contributed by atoms with van der Waals surface area (Å²) < 4.78 is 5.93. The van der Waals surface area contributed by atoms with Crippen LogP contribution in [0.2, 0.25) is 0 Å². The summed E-state index contributed by atoms with van der Waals surface area (Å²) in [6.07, 6.45) is 6.67. The van der Waals surface area contributed by atoms with Crippen LogP contribution in [0.25, 0.3) is 10.8 Å². The van der Waals surface area contributed by atoms with Gasteiger partial charge in [-0.25, -0.2) is 9.97 Å². The van der Waals surface area contributed by atoms with Crippen molar-refractivity contribution in [2.45, 2.75) is 45.6 Å². The predicted octanol–water partition coefficient (Wildman–Crippen LogP) is 2.56. The first-order valence-electron chi connectivity index (χ1n) is 8.38. The Morgan fingerprint density at radius 1 is 1.46 bits per heavy atom. The van der Waals surface area contributed by atoms with E-state index in [4.69, 9.17) is 4.74 Å². The second kappa shape index (κ2) is 7.85. The molecule has 1 amide bonds. The number of thiazole rings is 1. The van der Waals surface area contributed by atoms with Gasteiger partial charge in [-0.15, -0.1) is 11.3 Å². The fourth-order valence-corrected chi connectivity index (χ4v) is 3.93. The Labute approximate surface area is 145 Å². The maximum Gasteiger partial charge on any atom is 0.263 e.